The van der Waals surface area contributed by atoms with E-state index in [-0.39, 0.29) is 15.7 Å². The van der Waals surface area contributed by atoms with E-state index in [0.717, 1.165) is 12.3 Å². The van der Waals surface area contributed by atoms with Gasteiger partial charge in [0.25, 0.3) is 0 Å². The first-order valence-corrected chi connectivity index (χ1v) is 13.1. The van der Waals surface area contributed by atoms with E-state index in [0.29, 0.717) is 45.6 Å². The van der Waals surface area contributed by atoms with Crippen LogP contribution in [0.3, 0.4) is 0 Å². The SMILES string of the molecule is CS(=O)(=O)c1cccc(S(=O)(=O)NCC(=O)N2CCC[C@@H]2C(=O)N2CCNCC2)c1. The van der Waals surface area contributed by atoms with E-state index in [1.54, 1.807) is 4.90 Å². The van der Waals surface area contributed by atoms with E-state index >= 15 is 0 Å². The highest BCUT2D eigenvalue weighted by molar-refractivity contribution is 7.91. The standard InChI is InChI=1S/C18H26N4O6S2/c1-29(25,26)14-4-2-5-15(12-14)30(27,28)20-13-17(23)22-9-3-6-16(22)18(24)21-10-7-19-8-11-21/h2,4-5,12,16,19-20H,3,6-11,13H2,1H3/t16-/m1/s1. The van der Waals surface area contributed by atoms with Crippen molar-refractivity contribution in [3.63, 3.8) is 0 Å². The quantitative estimate of drug-likeness (QED) is 0.547. The van der Waals surface area contributed by atoms with Crippen molar-refractivity contribution in [2.24, 2.45) is 0 Å². The van der Waals surface area contributed by atoms with Gasteiger partial charge in [0.1, 0.15) is 6.04 Å². The van der Waals surface area contributed by atoms with Gasteiger partial charge in [-0.1, -0.05) is 6.07 Å². The lowest BCUT2D eigenvalue weighted by Gasteiger charge is -2.33. The number of carbonyl (C=O) groups excluding carboxylic acids is 2. The van der Waals surface area contributed by atoms with Gasteiger partial charge in [-0.15, -0.1) is 0 Å². The number of sulfone groups is 1. The second-order valence-electron chi connectivity index (χ2n) is 7.39. The Kier molecular flexibility index (Phi) is 6.80. The Labute approximate surface area is 176 Å². The molecule has 2 fully saturated rings. The predicted molar refractivity (Wildman–Crippen MR) is 109 cm³/mol. The molecule has 0 saturated carbocycles. The van der Waals surface area contributed by atoms with Crippen LogP contribution in [0.2, 0.25) is 0 Å². The lowest BCUT2D eigenvalue weighted by molar-refractivity contribution is -0.143. The first kappa shape index (κ1) is 22.7. The molecule has 0 aliphatic carbocycles. The molecular weight excluding hydrogens is 432 g/mol. The molecule has 1 aromatic rings. The number of hydrogen-bond acceptors (Lipinski definition) is 7. The summed E-state index contributed by atoms with van der Waals surface area (Å²) in [6.07, 6.45) is 2.22. The van der Waals surface area contributed by atoms with Gasteiger partial charge in [0.15, 0.2) is 9.84 Å². The fourth-order valence-electron chi connectivity index (χ4n) is 3.63. The number of nitrogens with one attached hydrogen (secondary N) is 2. The zero-order valence-electron chi connectivity index (χ0n) is 16.7. The Hall–Kier alpha value is -2.02. The number of benzene rings is 1. The highest BCUT2D eigenvalue weighted by Crippen LogP contribution is 2.20. The molecule has 2 saturated heterocycles. The molecule has 10 nitrogen and oxygen atoms in total. The molecule has 2 aliphatic rings. The topological polar surface area (TPSA) is 133 Å². The minimum atomic E-state index is -4.09. The molecule has 0 bridgehead atoms. The Morgan fingerprint density at radius 1 is 1.10 bits per heavy atom. The summed E-state index contributed by atoms with van der Waals surface area (Å²) in [4.78, 5) is 28.2. The van der Waals surface area contributed by atoms with Crippen molar-refractivity contribution in [1.82, 2.24) is 19.8 Å². The summed E-state index contributed by atoms with van der Waals surface area (Å²) in [5.74, 6) is -0.588. The number of sulfonamides is 1. The fourth-order valence-corrected chi connectivity index (χ4v) is 5.39. The zero-order chi connectivity index (χ0) is 21.9. The van der Waals surface area contributed by atoms with Crippen molar-refractivity contribution < 1.29 is 26.4 Å². The lowest BCUT2D eigenvalue weighted by atomic mass is 10.1. The van der Waals surface area contributed by atoms with Crippen molar-refractivity contribution in [2.75, 3.05) is 45.5 Å². The normalized spacial score (nSPS) is 20.4. The summed E-state index contributed by atoms with van der Waals surface area (Å²) in [5.41, 5.74) is 0. The first-order chi connectivity index (χ1) is 14.1. The first-order valence-electron chi connectivity index (χ1n) is 9.68. The van der Waals surface area contributed by atoms with E-state index in [1.807, 2.05) is 0 Å². The summed E-state index contributed by atoms with van der Waals surface area (Å²) in [6.45, 7) is 2.47. The van der Waals surface area contributed by atoms with E-state index in [2.05, 4.69) is 10.0 Å². The second-order valence-corrected chi connectivity index (χ2v) is 11.2. The van der Waals surface area contributed by atoms with Crippen LogP contribution in [-0.2, 0) is 29.4 Å². The molecule has 1 atom stereocenters. The number of amides is 2. The molecule has 0 unspecified atom stereocenters. The zero-order valence-corrected chi connectivity index (χ0v) is 18.3. The van der Waals surface area contributed by atoms with Gasteiger partial charge in [0.05, 0.1) is 16.3 Å². The van der Waals surface area contributed by atoms with Gasteiger partial charge in [-0.2, -0.15) is 0 Å². The maximum absolute atomic E-state index is 12.8. The number of piperazine rings is 1. The maximum Gasteiger partial charge on any atom is 0.245 e. The molecular formula is C18H26N4O6S2. The molecule has 2 amide bonds. The van der Waals surface area contributed by atoms with Gasteiger partial charge in [-0.3, -0.25) is 9.59 Å². The molecule has 166 valence electrons. The Balaban J connectivity index is 1.66. The third-order valence-electron chi connectivity index (χ3n) is 5.24. The Morgan fingerprint density at radius 3 is 2.43 bits per heavy atom. The molecule has 0 radical (unpaired) electrons. The van der Waals surface area contributed by atoms with Crippen LogP contribution in [0.1, 0.15) is 12.8 Å². The smallest absolute Gasteiger partial charge is 0.245 e. The summed E-state index contributed by atoms with van der Waals surface area (Å²) >= 11 is 0. The maximum atomic E-state index is 12.8. The minimum absolute atomic E-state index is 0.105. The van der Waals surface area contributed by atoms with Crippen LogP contribution in [0.4, 0.5) is 0 Å². The molecule has 0 aromatic heterocycles. The van der Waals surface area contributed by atoms with Crippen molar-refractivity contribution in [1.29, 1.82) is 0 Å². The predicted octanol–water partition coefficient (Wildman–Crippen LogP) is -1.21. The van der Waals surface area contributed by atoms with Crippen molar-refractivity contribution in [2.45, 2.75) is 28.7 Å². The number of nitrogens with zero attached hydrogens (tertiary/aromatic N) is 2. The minimum Gasteiger partial charge on any atom is -0.338 e. The summed E-state index contributed by atoms with van der Waals surface area (Å²) in [6, 6.07) is 4.36. The van der Waals surface area contributed by atoms with E-state index in [9.17, 15) is 26.4 Å². The number of likely N-dealkylation sites (tertiary alicyclic amines) is 1. The van der Waals surface area contributed by atoms with Crippen molar-refractivity contribution >= 4 is 31.7 Å². The van der Waals surface area contributed by atoms with Gasteiger partial charge in [-0.25, -0.2) is 21.6 Å². The van der Waals surface area contributed by atoms with Gasteiger partial charge in [-0.05, 0) is 31.0 Å². The van der Waals surface area contributed by atoms with Gasteiger partial charge in [0, 0.05) is 39.0 Å². The molecule has 2 N–H and O–H groups in total. The largest absolute Gasteiger partial charge is 0.338 e. The Morgan fingerprint density at radius 2 is 1.77 bits per heavy atom. The van der Waals surface area contributed by atoms with Gasteiger partial charge >= 0.3 is 0 Å². The van der Waals surface area contributed by atoms with Crippen LogP contribution in [0.15, 0.2) is 34.1 Å². The molecule has 2 aliphatic heterocycles. The Bertz CT molecular complexity index is 1020. The molecule has 2 heterocycles. The van der Waals surface area contributed by atoms with E-state index in [4.69, 9.17) is 0 Å². The monoisotopic (exact) mass is 458 g/mol. The lowest BCUT2D eigenvalue weighted by Crippen LogP contribution is -2.54. The van der Waals surface area contributed by atoms with Crippen LogP contribution in [0.25, 0.3) is 0 Å². The van der Waals surface area contributed by atoms with Crippen LogP contribution >= 0.6 is 0 Å². The van der Waals surface area contributed by atoms with Crippen LogP contribution in [0.5, 0.6) is 0 Å². The van der Waals surface area contributed by atoms with Crippen molar-refractivity contribution in [3.05, 3.63) is 24.3 Å². The van der Waals surface area contributed by atoms with Crippen LogP contribution in [0, 0.1) is 0 Å². The third-order valence-corrected chi connectivity index (χ3v) is 7.75. The molecule has 0 spiro atoms. The number of rotatable bonds is 6. The number of hydrogen-bond donors (Lipinski definition) is 2. The van der Waals surface area contributed by atoms with Gasteiger partial charge in [0.2, 0.25) is 21.8 Å². The second kappa shape index (κ2) is 9.00. The fraction of sp³-hybridized carbons (Fsp3) is 0.556. The highest BCUT2D eigenvalue weighted by Gasteiger charge is 2.37. The van der Waals surface area contributed by atoms with Gasteiger partial charge < -0.3 is 15.1 Å². The van der Waals surface area contributed by atoms with Crippen molar-refractivity contribution in [3.8, 4) is 0 Å². The molecule has 30 heavy (non-hydrogen) atoms. The van der Waals surface area contributed by atoms with E-state index < -0.39 is 38.4 Å². The summed E-state index contributed by atoms with van der Waals surface area (Å²) in [5, 5.41) is 3.17. The highest BCUT2D eigenvalue weighted by atomic mass is 32.2. The molecule has 3 rings (SSSR count). The third kappa shape index (κ3) is 5.17. The average molecular weight is 459 g/mol. The van der Waals surface area contributed by atoms with Crippen LogP contribution in [-0.4, -0.2) is 90.0 Å². The van der Waals surface area contributed by atoms with Crippen LogP contribution < -0.4 is 10.0 Å². The molecule has 12 heteroatoms. The summed E-state index contributed by atoms with van der Waals surface area (Å²) in [7, 11) is -7.66. The average Bonchev–Trinajstić information content (AvgIpc) is 3.21. The van der Waals surface area contributed by atoms with E-state index in [1.165, 1.54) is 23.1 Å². The number of carbonyl (C=O) groups is 2. The molecule has 1 aromatic carbocycles. The summed E-state index contributed by atoms with van der Waals surface area (Å²) < 4.78 is 50.6.